The van der Waals surface area contributed by atoms with Crippen LogP contribution in [0.1, 0.15) is 18.9 Å². The molecule has 0 amide bonds. The normalized spacial score (nSPS) is 10.9. The molecule has 5 heteroatoms. The lowest BCUT2D eigenvalue weighted by Gasteiger charge is -2.10. The van der Waals surface area contributed by atoms with Gasteiger partial charge in [-0.2, -0.15) is 0 Å². The summed E-state index contributed by atoms with van der Waals surface area (Å²) in [5, 5.41) is 12.3. The molecule has 0 aliphatic rings. The molecule has 1 atom stereocenters. The Bertz CT molecular complexity index is 306. The van der Waals surface area contributed by atoms with Crippen LogP contribution < -0.4 is 11.1 Å². The second-order valence-electron chi connectivity index (χ2n) is 3.64. The maximum atomic E-state index is 9.08. The lowest BCUT2D eigenvalue weighted by atomic mass is 10.1. The molecular weight excluding hydrogens is 247 g/mol. The first-order valence-electron chi connectivity index (χ1n) is 4.87. The van der Waals surface area contributed by atoms with Gasteiger partial charge in [0, 0.05) is 17.9 Å². The first-order valence-corrected chi connectivity index (χ1v) is 4.87. The van der Waals surface area contributed by atoms with Crippen molar-refractivity contribution in [3.8, 4) is 0 Å². The number of hydrogen-bond acceptors (Lipinski definition) is 3. The number of nitrogens with one attached hydrogen (secondary N) is 1. The molecule has 0 bridgehead atoms. The highest BCUT2D eigenvalue weighted by Gasteiger charge is 1.99. The summed E-state index contributed by atoms with van der Waals surface area (Å²) in [7, 11) is 0. The minimum Gasteiger partial charge on any atom is -0.399 e. The van der Waals surface area contributed by atoms with Gasteiger partial charge in [-0.25, -0.2) is 0 Å². The van der Waals surface area contributed by atoms with Crippen molar-refractivity contribution in [2.45, 2.75) is 26.4 Å². The van der Waals surface area contributed by atoms with E-state index in [0.717, 1.165) is 29.9 Å². The third-order valence-corrected chi connectivity index (χ3v) is 2.13. The molecule has 0 heterocycles. The minimum atomic E-state index is -0.253. The molecule has 0 aliphatic heterocycles. The zero-order valence-electron chi connectivity index (χ0n) is 9.56. The van der Waals surface area contributed by atoms with Crippen LogP contribution in [0, 0.1) is 6.92 Å². The first-order chi connectivity index (χ1) is 6.59. The van der Waals surface area contributed by atoms with Gasteiger partial charge in [0.1, 0.15) is 0 Å². The second kappa shape index (κ2) is 8.50. The minimum absolute atomic E-state index is 0. The summed E-state index contributed by atoms with van der Waals surface area (Å²) in [6.45, 7) is 4.58. The standard InChI is InChI=1S/C11H18N2O.2ClH/c1-8-7-10(12)3-4-11(8)13-6-5-9(2)14;;/h3-4,7,9,13-14H,5-6,12H2,1-2H3;2*1H. The van der Waals surface area contributed by atoms with E-state index in [1.54, 1.807) is 6.92 Å². The van der Waals surface area contributed by atoms with Crippen molar-refractivity contribution in [3.05, 3.63) is 23.8 Å². The molecule has 0 saturated carbocycles. The lowest BCUT2D eigenvalue weighted by Crippen LogP contribution is -2.10. The maximum absolute atomic E-state index is 9.08. The van der Waals surface area contributed by atoms with Crippen LogP contribution >= 0.6 is 24.8 Å². The SMILES string of the molecule is Cc1cc(N)ccc1NCCC(C)O.Cl.Cl. The lowest BCUT2D eigenvalue weighted by molar-refractivity contribution is 0.189. The molecule has 1 unspecified atom stereocenters. The molecule has 1 rings (SSSR count). The quantitative estimate of drug-likeness (QED) is 0.735. The second-order valence-corrected chi connectivity index (χ2v) is 3.64. The Kier molecular flexibility index (Phi) is 9.43. The van der Waals surface area contributed by atoms with Crippen molar-refractivity contribution in [2.24, 2.45) is 0 Å². The summed E-state index contributed by atoms with van der Waals surface area (Å²) >= 11 is 0. The molecule has 0 spiro atoms. The number of halogens is 2. The van der Waals surface area contributed by atoms with Crippen molar-refractivity contribution in [1.29, 1.82) is 0 Å². The smallest absolute Gasteiger partial charge is 0.0528 e. The van der Waals surface area contributed by atoms with Crippen LogP contribution in [-0.2, 0) is 0 Å². The van der Waals surface area contributed by atoms with Crippen molar-refractivity contribution in [3.63, 3.8) is 0 Å². The predicted octanol–water partition coefficient (Wildman–Crippen LogP) is 2.60. The van der Waals surface area contributed by atoms with Crippen molar-refractivity contribution < 1.29 is 5.11 Å². The number of hydrogen-bond donors (Lipinski definition) is 3. The average molecular weight is 267 g/mol. The summed E-state index contributed by atoms with van der Waals surface area (Å²) in [5.41, 5.74) is 8.64. The molecule has 0 saturated heterocycles. The molecule has 0 aromatic heterocycles. The fourth-order valence-corrected chi connectivity index (χ4v) is 1.30. The Morgan fingerprint density at radius 1 is 1.38 bits per heavy atom. The molecular formula is C11H20Cl2N2O. The van der Waals surface area contributed by atoms with Crippen LogP contribution in [0.25, 0.3) is 0 Å². The molecule has 0 radical (unpaired) electrons. The van der Waals surface area contributed by atoms with Crippen LogP contribution in [0.5, 0.6) is 0 Å². The molecule has 16 heavy (non-hydrogen) atoms. The van der Waals surface area contributed by atoms with E-state index in [4.69, 9.17) is 10.8 Å². The van der Waals surface area contributed by atoms with Gasteiger partial charge in [0.15, 0.2) is 0 Å². The van der Waals surface area contributed by atoms with Gasteiger partial charge in [-0.05, 0) is 44.0 Å². The van der Waals surface area contributed by atoms with Gasteiger partial charge in [0.25, 0.3) is 0 Å². The van der Waals surface area contributed by atoms with E-state index < -0.39 is 0 Å². The monoisotopic (exact) mass is 266 g/mol. The number of aryl methyl sites for hydroxylation is 1. The van der Waals surface area contributed by atoms with E-state index in [-0.39, 0.29) is 30.9 Å². The van der Waals surface area contributed by atoms with Crippen LogP contribution in [0.15, 0.2) is 18.2 Å². The Hall–Kier alpha value is -0.640. The summed E-state index contributed by atoms with van der Waals surface area (Å²) in [6, 6.07) is 5.77. The average Bonchev–Trinajstić information content (AvgIpc) is 2.08. The third-order valence-electron chi connectivity index (χ3n) is 2.13. The van der Waals surface area contributed by atoms with E-state index in [2.05, 4.69) is 5.32 Å². The summed E-state index contributed by atoms with van der Waals surface area (Å²) in [6.07, 6.45) is 0.501. The highest BCUT2D eigenvalue weighted by atomic mass is 35.5. The number of aliphatic hydroxyl groups is 1. The molecule has 4 N–H and O–H groups in total. The van der Waals surface area contributed by atoms with Gasteiger partial charge in [0.05, 0.1) is 6.10 Å². The van der Waals surface area contributed by atoms with Gasteiger partial charge in [-0.1, -0.05) is 0 Å². The van der Waals surface area contributed by atoms with Gasteiger partial charge in [-0.15, -0.1) is 24.8 Å². The highest BCUT2D eigenvalue weighted by molar-refractivity contribution is 5.85. The van der Waals surface area contributed by atoms with E-state index in [1.165, 1.54) is 0 Å². The molecule has 0 aliphatic carbocycles. The summed E-state index contributed by atoms with van der Waals surface area (Å²) in [5.74, 6) is 0. The number of nitrogens with two attached hydrogens (primary N) is 1. The fourth-order valence-electron chi connectivity index (χ4n) is 1.30. The molecule has 0 fully saturated rings. The van der Waals surface area contributed by atoms with E-state index in [0.29, 0.717) is 0 Å². The van der Waals surface area contributed by atoms with Gasteiger partial charge < -0.3 is 16.2 Å². The van der Waals surface area contributed by atoms with Crippen LogP contribution in [-0.4, -0.2) is 17.8 Å². The van der Waals surface area contributed by atoms with Crippen LogP contribution in [0.4, 0.5) is 11.4 Å². The summed E-state index contributed by atoms with van der Waals surface area (Å²) in [4.78, 5) is 0. The molecule has 1 aromatic carbocycles. The van der Waals surface area contributed by atoms with E-state index in [1.807, 2.05) is 25.1 Å². The largest absolute Gasteiger partial charge is 0.399 e. The zero-order chi connectivity index (χ0) is 10.6. The van der Waals surface area contributed by atoms with Crippen LogP contribution in [0.2, 0.25) is 0 Å². The van der Waals surface area contributed by atoms with Crippen molar-refractivity contribution in [1.82, 2.24) is 0 Å². The topological polar surface area (TPSA) is 58.3 Å². The van der Waals surface area contributed by atoms with Gasteiger partial charge >= 0.3 is 0 Å². The number of nitrogen functional groups attached to an aromatic ring is 1. The molecule has 94 valence electrons. The Labute approximate surface area is 109 Å². The first kappa shape index (κ1) is 17.7. The van der Waals surface area contributed by atoms with Gasteiger partial charge in [0.2, 0.25) is 0 Å². The fraction of sp³-hybridized carbons (Fsp3) is 0.455. The maximum Gasteiger partial charge on any atom is 0.0528 e. The van der Waals surface area contributed by atoms with E-state index in [9.17, 15) is 0 Å². The van der Waals surface area contributed by atoms with Crippen molar-refractivity contribution in [2.75, 3.05) is 17.6 Å². The highest BCUT2D eigenvalue weighted by Crippen LogP contribution is 2.17. The zero-order valence-corrected chi connectivity index (χ0v) is 11.2. The Balaban J connectivity index is 0. The number of aliphatic hydroxyl groups excluding tert-OH is 1. The Morgan fingerprint density at radius 2 is 2.00 bits per heavy atom. The predicted molar refractivity (Wildman–Crippen MR) is 74.9 cm³/mol. The molecule has 1 aromatic rings. The van der Waals surface area contributed by atoms with Gasteiger partial charge in [-0.3, -0.25) is 0 Å². The number of rotatable bonds is 4. The third kappa shape index (κ3) is 6.05. The van der Waals surface area contributed by atoms with Crippen molar-refractivity contribution >= 4 is 36.2 Å². The number of anilines is 2. The number of benzene rings is 1. The van der Waals surface area contributed by atoms with E-state index >= 15 is 0 Å². The molecule has 3 nitrogen and oxygen atoms in total. The van der Waals surface area contributed by atoms with Crippen LogP contribution in [0.3, 0.4) is 0 Å². The Morgan fingerprint density at radius 3 is 2.50 bits per heavy atom. The summed E-state index contributed by atoms with van der Waals surface area (Å²) < 4.78 is 0.